The van der Waals surface area contributed by atoms with Gasteiger partial charge < -0.3 is 10.5 Å². The van der Waals surface area contributed by atoms with E-state index >= 15 is 0 Å². The van der Waals surface area contributed by atoms with Crippen molar-refractivity contribution in [1.29, 1.82) is 0 Å². The second kappa shape index (κ2) is 5.44. The Balaban J connectivity index is 2.01. The van der Waals surface area contributed by atoms with Crippen LogP contribution in [0.1, 0.15) is 5.69 Å². The molecule has 0 saturated heterocycles. The molecular formula is C13H12F2N2O. The third-order valence-corrected chi connectivity index (χ3v) is 2.41. The number of benzene rings is 1. The fourth-order valence-electron chi connectivity index (χ4n) is 1.50. The number of rotatable bonds is 4. The summed E-state index contributed by atoms with van der Waals surface area (Å²) in [7, 11) is 0. The predicted molar refractivity (Wildman–Crippen MR) is 64.2 cm³/mol. The highest BCUT2D eigenvalue weighted by molar-refractivity contribution is 5.53. The van der Waals surface area contributed by atoms with Crippen molar-refractivity contribution in [1.82, 2.24) is 4.98 Å². The van der Waals surface area contributed by atoms with Crippen molar-refractivity contribution in [2.24, 2.45) is 0 Å². The molecule has 0 aliphatic rings. The SMILES string of the molecule is Nc1ccc(F)c(F)c1OCCc1ccccn1. The van der Waals surface area contributed by atoms with Gasteiger partial charge in [0.05, 0.1) is 12.3 Å². The highest BCUT2D eigenvalue weighted by Gasteiger charge is 2.13. The fourth-order valence-corrected chi connectivity index (χ4v) is 1.50. The molecule has 2 rings (SSSR count). The highest BCUT2D eigenvalue weighted by Crippen LogP contribution is 2.27. The number of halogens is 2. The molecule has 94 valence electrons. The van der Waals surface area contributed by atoms with Crippen molar-refractivity contribution < 1.29 is 13.5 Å². The first-order chi connectivity index (χ1) is 8.68. The molecule has 0 aliphatic carbocycles. The van der Waals surface area contributed by atoms with Crippen LogP contribution in [0.25, 0.3) is 0 Å². The summed E-state index contributed by atoms with van der Waals surface area (Å²) in [6.07, 6.45) is 2.16. The summed E-state index contributed by atoms with van der Waals surface area (Å²) in [6, 6.07) is 7.72. The zero-order valence-electron chi connectivity index (χ0n) is 9.57. The van der Waals surface area contributed by atoms with E-state index in [1.165, 1.54) is 6.07 Å². The number of nitrogens with zero attached hydrogens (tertiary/aromatic N) is 1. The number of hydrogen-bond donors (Lipinski definition) is 1. The van der Waals surface area contributed by atoms with Gasteiger partial charge in [-0.3, -0.25) is 4.98 Å². The molecule has 1 aromatic carbocycles. The molecular weight excluding hydrogens is 238 g/mol. The lowest BCUT2D eigenvalue weighted by Gasteiger charge is -2.09. The zero-order chi connectivity index (χ0) is 13.0. The van der Waals surface area contributed by atoms with Crippen LogP contribution >= 0.6 is 0 Å². The number of hydrogen-bond acceptors (Lipinski definition) is 3. The molecule has 2 N–H and O–H groups in total. The topological polar surface area (TPSA) is 48.1 Å². The first kappa shape index (κ1) is 12.3. The van der Waals surface area contributed by atoms with E-state index in [2.05, 4.69) is 4.98 Å². The molecule has 0 amide bonds. The van der Waals surface area contributed by atoms with E-state index in [-0.39, 0.29) is 18.0 Å². The van der Waals surface area contributed by atoms with Crippen LogP contribution in [0.4, 0.5) is 14.5 Å². The van der Waals surface area contributed by atoms with Gasteiger partial charge in [-0.15, -0.1) is 0 Å². The van der Waals surface area contributed by atoms with E-state index in [4.69, 9.17) is 10.5 Å². The van der Waals surface area contributed by atoms with Gasteiger partial charge in [-0.1, -0.05) is 6.07 Å². The summed E-state index contributed by atoms with van der Waals surface area (Å²) >= 11 is 0. The summed E-state index contributed by atoms with van der Waals surface area (Å²) in [4.78, 5) is 4.09. The number of nitrogen functional groups attached to an aromatic ring is 1. The maximum absolute atomic E-state index is 13.4. The molecule has 0 bridgehead atoms. The molecule has 0 radical (unpaired) electrons. The average molecular weight is 250 g/mol. The fraction of sp³-hybridized carbons (Fsp3) is 0.154. The number of nitrogens with two attached hydrogens (primary N) is 1. The van der Waals surface area contributed by atoms with Crippen molar-refractivity contribution >= 4 is 5.69 Å². The van der Waals surface area contributed by atoms with Crippen LogP contribution in [0.15, 0.2) is 36.5 Å². The first-order valence-electron chi connectivity index (χ1n) is 5.44. The predicted octanol–water partition coefficient (Wildman–Crippen LogP) is 2.56. The maximum atomic E-state index is 13.4. The summed E-state index contributed by atoms with van der Waals surface area (Å²) in [6.45, 7) is 0.182. The monoisotopic (exact) mass is 250 g/mol. The quantitative estimate of drug-likeness (QED) is 0.848. The molecule has 18 heavy (non-hydrogen) atoms. The lowest BCUT2D eigenvalue weighted by Crippen LogP contribution is -2.06. The zero-order valence-corrected chi connectivity index (χ0v) is 9.57. The van der Waals surface area contributed by atoms with Crippen LogP contribution in [0.3, 0.4) is 0 Å². The summed E-state index contributed by atoms with van der Waals surface area (Å²) in [5.74, 6) is -2.28. The van der Waals surface area contributed by atoms with Crippen LogP contribution in [-0.2, 0) is 6.42 Å². The second-order valence-corrected chi connectivity index (χ2v) is 3.70. The molecule has 0 spiro atoms. The van der Waals surface area contributed by atoms with Gasteiger partial charge in [-0.05, 0) is 24.3 Å². The third kappa shape index (κ3) is 2.74. The van der Waals surface area contributed by atoms with E-state index in [9.17, 15) is 8.78 Å². The van der Waals surface area contributed by atoms with Crippen LogP contribution in [0.2, 0.25) is 0 Å². The first-order valence-corrected chi connectivity index (χ1v) is 5.44. The molecule has 0 atom stereocenters. The van der Waals surface area contributed by atoms with Crippen LogP contribution in [-0.4, -0.2) is 11.6 Å². The molecule has 5 heteroatoms. The van der Waals surface area contributed by atoms with E-state index in [0.29, 0.717) is 6.42 Å². The summed E-state index contributed by atoms with van der Waals surface area (Å²) in [5, 5.41) is 0. The van der Waals surface area contributed by atoms with Gasteiger partial charge in [0.15, 0.2) is 11.6 Å². The van der Waals surface area contributed by atoms with Gasteiger partial charge in [0, 0.05) is 18.3 Å². The Morgan fingerprint density at radius 2 is 2.00 bits per heavy atom. The van der Waals surface area contributed by atoms with E-state index < -0.39 is 11.6 Å². The van der Waals surface area contributed by atoms with Gasteiger partial charge in [-0.25, -0.2) is 4.39 Å². The average Bonchev–Trinajstić information content (AvgIpc) is 2.39. The van der Waals surface area contributed by atoms with Gasteiger partial charge >= 0.3 is 0 Å². The molecule has 0 unspecified atom stereocenters. The van der Waals surface area contributed by atoms with Crippen LogP contribution < -0.4 is 10.5 Å². The molecule has 0 aliphatic heterocycles. The van der Waals surface area contributed by atoms with Crippen molar-refractivity contribution in [2.75, 3.05) is 12.3 Å². The normalized spacial score (nSPS) is 10.3. The molecule has 1 heterocycles. The second-order valence-electron chi connectivity index (χ2n) is 3.70. The number of pyridine rings is 1. The van der Waals surface area contributed by atoms with E-state index in [1.807, 2.05) is 12.1 Å². The van der Waals surface area contributed by atoms with Gasteiger partial charge in [-0.2, -0.15) is 4.39 Å². The lowest BCUT2D eigenvalue weighted by molar-refractivity contribution is 0.300. The van der Waals surface area contributed by atoms with Crippen molar-refractivity contribution in [3.8, 4) is 5.75 Å². The lowest BCUT2D eigenvalue weighted by atomic mass is 10.2. The van der Waals surface area contributed by atoms with Crippen LogP contribution in [0.5, 0.6) is 5.75 Å². The van der Waals surface area contributed by atoms with Crippen molar-refractivity contribution in [2.45, 2.75) is 6.42 Å². The van der Waals surface area contributed by atoms with Gasteiger partial charge in [0.25, 0.3) is 0 Å². The molecule has 3 nitrogen and oxygen atoms in total. The number of anilines is 1. The number of ether oxygens (including phenoxy) is 1. The Kier molecular flexibility index (Phi) is 3.72. The maximum Gasteiger partial charge on any atom is 0.202 e. The Labute approximate surface area is 103 Å². The molecule has 0 fully saturated rings. The Bertz CT molecular complexity index is 532. The van der Waals surface area contributed by atoms with Crippen molar-refractivity contribution in [3.63, 3.8) is 0 Å². The molecule has 0 saturated carbocycles. The molecule has 2 aromatic rings. The minimum absolute atomic E-state index is 0.0786. The van der Waals surface area contributed by atoms with Gasteiger partial charge in [0.2, 0.25) is 5.82 Å². The summed E-state index contributed by atoms with van der Waals surface area (Å²) < 4.78 is 31.6. The van der Waals surface area contributed by atoms with E-state index in [0.717, 1.165) is 11.8 Å². The largest absolute Gasteiger partial charge is 0.488 e. The van der Waals surface area contributed by atoms with Gasteiger partial charge in [0.1, 0.15) is 0 Å². The Hall–Kier alpha value is -2.17. The Morgan fingerprint density at radius 3 is 2.72 bits per heavy atom. The minimum Gasteiger partial charge on any atom is -0.488 e. The Morgan fingerprint density at radius 1 is 1.17 bits per heavy atom. The highest BCUT2D eigenvalue weighted by atomic mass is 19.2. The van der Waals surface area contributed by atoms with E-state index in [1.54, 1.807) is 12.3 Å². The standard InChI is InChI=1S/C13H12F2N2O/c14-10-4-5-11(16)13(12(10)15)18-8-6-9-3-1-2-7-17-9/h1-5,7H,6,8,16H2. The van der Waals surface area contributed by atoms with Crippen LogP contribution in [0, 0.1) is 11.6 Å². The third-order valence-electron chi connectivity index (χ3n) is 2.41. The smallest absolute Gasteiger partial charge is 0.202 e. The van der Waals surface area contributed by atoms with Crippen molar-refractivity contribution in [3.05, 3.63) is 53.9 Å². The molecule has 1 aromatic heterocycles. The summed E-state index contributed by atoms with van der Waals surface area (Å²) in [5.41, 5.74) is 6.41. The number of aromatic nitrogens is 1. The minimum atomic E-state index is -1.06.